The number of aliphatic hydroxyl groups is 1. The van der Waals surface area contributed by atoms with Crippen molar-refractivity contribution in [2.45, 2.75) is 18.6 Å². The molecule has 4 rings (SSSR count). The van der Waals surface area contributed by atoms with Crippen molar-refractivity contribution >= 4 is 16.7 Å². The highest BCUT2D eigenvalue weighted by molar-refractivity contribution is 5.87. The number of amides is 1. The molecule has 1 N–H and O–H groups in total. The van der Waals surface area contributed by atoms with Crippen LogP contribution in [-0.4, -0.2) is 59.9 Å². The number of likely N-dealkylation sites (tertiary alicyclic amines) is 1. The second-order valence-corrected chi connectivity index (χ2v) is 7.14. The van der Waals surface area contributed by atoms with Crippen molar-refractivity contribution in [2.75, 3.05) is 26.8 Å². The van der Waals surface area contributed by atoms with Crippen LogP contribution in [-0.2, 0) is 4.79 Å². The molecule has 0 bridgehead atoms. The Hall–Kier alpha value is -3.32. The van der Waals surface area contributed by atoms with E-state index in [0.29, 0.717) is 30.2 Å². The number of carbonyl (C=O) groups is 1. The molecule has 1 amide bonds. The van der Waals surface area contributed by atoms with Crippen molar-refractivity contribution in [1.29, 1.82) is 0 Å². The number of nitrogens with zero attached hydrogens (tertiary/aromatic N) is 2. The van der Waals surface area contributed by atoms with Gasteiger partial charge in [-0.05, 0) is 24.3 Å². The molecule has 0 saturated carbocycles. The normalized spacial score (nSPS) is 18.8. The molecule has 156 valence electrons. The standard InChI is InChI=1S/C23H24N2O5/c1-28-21-6-2-3-7-22(21)29-15-23(27)25-12-10-20(18(26)14-25)30-19-8-4-5-16-13-24-11-9-17(16)19/h2-9,11,13,18,20,26H,10,12,14-15H2,1H3/t18-,20-/m1/s1. The van der Waals surface area contributed by atoms with Gasteiger partial charge < -0.3 is 24.2 Å². The van der Waals surface area contributed by atoms with Crippen LogP contribution < -0.4 is 14.2 Å². The van der Waals surface area contributed by atoms with Crippen molar-refractivity contribution in [3.63, 3.8) is 0 Å². The highest BCUT2D eigenvalue weighted by Gasteiger charge is 2.32. The Bertz CT molecular complexity index is 1020. The SMILES string of the molecule is COc1ccccc1OCC(=O)N1CC[C@@H](Oc2cccc3cnccc23)[C@H](O)C1. The van der Waals surface area contributed by atoms with Crippen LogP contribution in [0.2, 0.25) is 0 Å². The van der Waals surface area contributed by atoms with Crippen molar-refractivity contribution < 1.29 is 24.1 Å². The first-order valence-corrected chi connectivity index (χ1v) is 9.87. The van der Waals surface area contributed by atoms with Crippen LogP contribution in [0.4, 0.5) is 0 Å². The molecule has 0 radical (unpaired) electrons. The van der Waals surface area contributed by atoms with Crippen molar-refractivity contribution in [3.8, 4) is 17.2 Å². The third-order valence-electron chi connectivity index (χ3n) is 5.21. The fraction of sp³-hybridized carbons (Fsp3) is 0.304. The predicted molar refractivity (Wildman–Crippen MR) is 112 cm³/mol. The molecule has 1 aliphatic heterocycles. The average molecular weight is 408 g/mol. The number of fused-ring (bicyclic) bond motifs is 1. The lowest BCUT2D eigenvalue weighted by Gasteiger charge is -2.36. The van der Waals surface area contributed by atoms with Gasteiger partial charge in [0.15, 0.2) is 18.1 Å². The monoisotopic (exact) mass is 408 g/mol. The molecule has 30 heavy (non-hydrogen) atoms. The number of benzene rings is 2. The maximum absolute atomic E-state index is 12.6. The smallest absolute Gasteiger partial charge is 0.260 e. The predicted octanol–water partition coefficient (Wildman–Crippen LogP) is 2.66. The minimum Gasteiger partial charge on any atom is -0.493 e. The van der Waals surface area contributed by atoms with Crippen LogP contribution in [0.5, 0.6) is 17.2 Å². The lowest BCUT2D eigenvalue weighted by molar-refractivity contribution is -0.139. The van der Waals surface area contributed by atoms with Crippen molar-refractivity contribution in [2.24, 2.45) is 0 Å². The van der Waals surface area contributed by atoms with E-state index in [1.54, 1.807) is 36.5 Å². The van der Waals surface area contributed by atoms with Gasteiger partial charge in [-0.25, -0.2) is 0 Å². The summed E-state index contributed by atoms with van der Waals surface area (Å²) in [6.45, 7) is 0.572. The van der Waals surface area contributed by atoms with Crippen LogP contribution in [0.25, 0.3) is 10.8 Å². The molecule has 0 spiro atoms. The summed E-state index contributed by atoms with van der Waals surface area (Å²) in [5, 5.41) is 12.5. The average Bonchev–Trinajstić information content (AvgIpc) is 2.79. The fourth-order valence-corrected chi connectivity index (χ4v) is 3.60. The first-order valence-electron chi connectivity index (χ1n) is 9.87. The largest absolute Gasteiger partial charge is 0.493 e. The number of hydrogen-bond acceptors (Lipinski definition) is 6. The molecule has 0 unspecified atom stereocenters. The fourth-order valence-electron chi connectivity index (χ4n) is 3.60. The number of β-amino-alcohol motifs (C(OH)–C–C–N with tert-alkyl or cyclic N) is 1. The Balaban J connectivity index is 1.35. The quantitative estimate of drug-likeness (QED) is 0.675. The van der Waals surface area contributed by atoms with Gasteiger partial charge in [-0.3, -0.25) is 9.78 Å². The molecule has 2 atom stereocenters. The molecule has 2 heterocycles. The first kappa shape index (κ1) is 20.0. The number of pyridine rings is 1. The zero-order valence-electron chi connectivity index (χ0n) is 16.7. The number of methoxy groups -OCH3 is 1. The summed E-state index contributed by atoms with van der Waals surface area (Å²) >= 11 is 0. The third kappa shape index (κ3) is 4.31. The maximum atomic E-state index is 12.6. The number of aliphatic hydroxyl groups excluding tert-OH is 1. The minimum atomic E-state index is -0.786. The highest BCUT2D eigenvalue weighted by atomic mass is 16.5. The van der Waals surface area contributed by atoms with Gasteiger partial charge in [0.1, 0.15) is 18.0 Å². The Labute approximate surface area is 174 Å². The summed E-state index contributed by atoms with van der Waals surface area (Å²) in [5.74, 6) is 1.60. The van der Waals surface area contributed by atoms with E-state index < -0.39 is 6.10 Å². The molecule has 7 nitrogen and oxygen atoms in total. The number of aromatic nitrogens is 1. The number of ether oxygens (including phenoxy) is 3. The summed E-state index contributed by atoms with van der Waals surface area (Å²) in [6.07, 6.45) is 2.85. The second-order valence-electron chi connectivity index (χ2n) is 7.14. The van der Waals surface area contributed by atoms with Crippen LogP contribution in [0.1, 0.15) is 6.42 Å². The van der Waals surface area contributed by atoms with E-state index in [1.807, 2.05) is 36.4 Å². The van der Waals surface area contributed by atoms with E-state index >= 15 is 0 Å². The van der Waals surface area contributed by atoms with Crippen molar-refractivity contribution in [1.82, 2.24) is 9.88 Å². The Kier molecular flexibility index (Phi) is 5.99. The van der Waals surface area contributed by atoms with E-state index in [1.165, 1.54) is 0 Å². The van der Waals surface area contributed by atoms with E-state index in [9.17, 15) is 9.90 Å². The summed E-state index contributed by atoms with van der Waals surface area (Å²) < 4.78 is 16.9. The molecule has 1 aromatic heterocycles. The van der Waals surface area contributed by atoms with Gasteiger partial charge in [0.2, 0.25) is 0 Å². The van der Waals surface area contributed by atoms with E-state index in [0.717, 1.165) is 10.8 Å². The molecule has 7 heteroatoms. The lowest BCUT2D eigenvalue weighted by atomic mass is 10.0. The van der Waals surface area contributed by atoms with Gasteiger partial charge in [0.05, 0.1) is 13.7 Å². The number of rotatable bonds is 6. The molecule has 1 aliphatic rings. The number of hydrogen-bond donors (Lipinski definition) is 1. The van der Waals surface area contributed by atoms with E-state index in [4.69, 9.17) is 14.2 Å². The van der Waals surface area contributed by atoms with Crippen molar-refractivity contribution in [3.05, 3.63) is 60.9 Å². The summed E-state index contributed by atoms with van der Waals surface area (Å²) in [5.41, 5.74) is 0. The molecular formula is C23H24N2O5. The molecule has 3 aromatic rings. The zero-order valence-corrected chi connectivity index (χ0v) is 16.7. The van der Waals surface area contributed by atoms with Crippen LogP contribution in [0.3, 0.4) is 0 Å². The van der Waals surface area contributed by atoms with Gasteiger partial charge >= 0.3 is 0 Å². The van der Waals surface area contributed by atoms with E-state index in [-0.39, 0.29) is 25.2 Å². The molecule has 1 fully saturated rings. The van der Waals surface area contributed by atoms with Gasteiger partial charge in [-0.1, -0.05) is 24.3 Å². The number of carbonyl (C=O) groups excluding carboxylic acids is 1. The summed E-state index contributed by atoms with van der Waals surface area (Å²) in [7, 11) is 1.55. The number of piperidine rings is 1. The zero-order chi connectivity index (χ0) is 20.9. The van der Waals surface area contributed by atoms with Crippen LogP contribution in [0, 0.1) is 0 Å². The van der Waals surface area contributed by atoms with Gasteiger partial charge in [0.25, 0.3) is 5.91 Å². The molecule has 1 saturated heterocycles. The molecular weight excluding hydrogens is 384 g/mol. The third-order valence-corrected chi connectivity index (χ3v) is 5.21. The minimum absolute atomic E-state index is 0.116. The van der Waals surface area contributed by atoms with Crippen LogP contribution in [0.15, 0.2) is 60.9 Å². The summed E-state index contributed by atoms with van der Waals surface area (Å²) in [4.78, 5) is 18.3. The molecule has 2 aromatic carbocycles. The van der Waals surface area contributed by atoms with Gasteiger partial charge in [-0.15, -0.1) is 0 Å². The Morgan fingerprint density at radius 1 is 1.13 bits per heavy atom. The topological polar surface area (TPSA) is 81.1 Å². The number of para-hydroxylation sites is 2. The van der Waals surface area contributed by atoms with Gasteiger partial charge in [0, 0.05) is 36.1 Å². The molecule has 0 aliphatic carbocycles. The second kappa shape index (κ2) is 9.00. The van der Waals surface area contributed by atoms with Gasteiger partial charge in [-0.2, -0.15) is 0 Å². The summed E-state index contributed by atoms with van der Waals surface area (Å²) in [6, 6.07) is 14.8. The lowest BCUT2D eigenvalue weighted by Crippen LogP contribution is -2.52. The Morgan fingerprint density at radius 3 is 2.73 bits per heavy atom. The highest BCUT2D eigenvalue weighted by Crippen LogP contribution is 2.28. The Morgan fingerprint density at radius 2 is 1.93 bits per heavy atom. The maximum Gasteiger partial charge on any atom is 0.260 e. The van der Waals surface area contributed by atoms with E-state index in [2.05, 4.69) is 4.98 Å². The van der Waals surface area contributed by atoms with Crippen LogP contribution >= 0.6 is 0 Å². The first-order chi connectivity index (χ1) is 14.7.